The fraction of sp³-hybridized carbons (Fsp3) is 0.348. The number of amides is 1. The van der Waals surface area contributed by atoms with Crippen molar-refractivity contribution in [3.8, 4) is 11.1 Å². The minimum Gasteiger partial charge on any atom is -0.453 e. The highest BCUT2D eigenvalue weighted by molar-refractivity contribution is 9.10. The summed E-state index contributed by atoms with van der Waals surface area (Å²) in [5.74, 6) is 0. The number of aromatic nitrogens is 3. The van der Waals surface area contributed by atoms with E-state index in [0.717, 1.165) is 47.2 Å². The Labute approximate surface area is 189 Å². The van der Waals surface area contributed by atoms with Crippen molar-refractivity contribution < 1.29 is 14.3 Å². The number of pyridine rings is 1. The smallest absolute Gasteiger partial charge is 0.411 e. The third kappa shape index (κ3) is 5.51. The number of anilines is 1. The van der Waals surface area contributed by atoms with Crippen molar-refractivity contribution in [1.82, 2.24) is 14.8 Å². The summed E-state index contributed by atoms with van der Waals surface area (Å²) < 4.78 is 13.6. The quantitative estimate of drug-likeness (QED) is 0.504. The molecule has 1 amide bonds. The maximum atomic E-state index is 11.4. The molecule has 1 aliphatic rings. The maximum Gasteiger partial charge on any atom is 0.411 e. The average Bonchev–Trinajstić information content (AvgIpc) is 3.29. The fourth-order valence-corrected chi connectivity index (χ4v) is 4.00. The Balaban J connectivity index is 1.56. The largest absolute Gasteiger partial charge is 0.453 e. The van der Waals surface area contributed by atoms with E-state index in [9.17, 15) is 4.79 Å². The lowest BCUT2D eigenvalue weighted by atomic mass is 9.99. The monoisotopic (exact) mass is 484 g/mol. The summed E-state index contributed by atoms with van der Waals surface area (Å²) in [6.07, 6.45) is 9.66. The molecule has 0 aliphatic carbocycles. The van der Waals surface area contributed by atoms with Crippen LogP contribution >= 0.6 is 15.9 Å². The molecule has 162 valence electrons. The maximum absolute atomic E-state index is 11.4. The summed E-state index contributed by atoms with van der Waals surface area (Å²) in [6.45, 7) is 0.821. The molecule has 0 spiro atoms. The number of nitrogens with one attached hydrogen (secondary N) is 1. The van der Waals surface area contributed by atoms with Gasteiger partial charge in [0.15, 0.2) is 0 Å². The van der Waals surface area contributed by atoms with E-state index in [1.165, 1.54) is 13.5 Å². The van der Waals surface area contributed by atoms with E-state index in [2.05, 4.69) is 36.1 Å². The average molecular weight is 485 g/mol. The predicted molar refractivity (Wildman–Crippen MR) is 122 cm³/mol. The standard InChI is InChI=1S/C23H25BrN4O3/c1-30-23(29)27-19-8-5-16(6-9-19)17-13-26-28(15-17)22(12-20-4-2-3-11-31-20)21-10-7-18(24)14-25-21/h5-10,13-15,20,22H,2-4,11-12H2,1H3,(H,27,29)/t20-,22?/m0/s1. The number of rotatable bonds is 6. The van der Waals surface area contributed by atoms with Crippen LogP contribution in [-0.2, 0) is 9.47 Å². The van der Waals surface area contributed by atoms with Gasteiger partial charge in [-0.2, -0.15) is 5.10 Å². The molecule has 0 saturated carbocycles. The van der Waals surface area contributed by atoms with Crippen molar-refractivity contribution in [1.29, 1.82) is 0 Å². The van der Waals surface area contributed by atoms with Gasteiger partial charge in [-0.05, 0) is 65.0 Å². The lowest BCUT2D eigenvalue weighted by Gasteiger charge is -2.27. The van der Waals surface area contributed by atoms with Gasteiger partial charge < -0.3 is 9.47 Å². The van der Waals surface area contributed by atoms with Crippen molar-refractivity contribution in [3.63, 3.8) is 0 Å². The molecular weight excluding hydrogens is 460 g/mol. The Morgan fingerprint density at radius 2 is 2.06 bits per heavy atom. The van der Waals surface area contributed by atoms with Crippen molar-refractivity contribution in [2.45, 2.75) is 37.8 Å². The van der Waals surface area contributed by atoms with Gasteiger partial charge >= 0.3 is 6.09 Å². The van der Waals surface area contributed by atoms with Crippen LogP contribution in [0.25, 0.3) is 11.1 Å². The van der Waals surface area contributed by atoms with E-state index >= 15 is 0 Å². The lowest BCUT2D eigenvalue weighted by Crippen LogP contribution is -2.25. The number of benzene rings is 1. The second-order valence-electron chi connectivity index (χ2n) is 7.54. The van der Waals surface area contributed by atoms with Crippen LogP contribution in [0.4, 0.5) is 10.5 Å². The first-order valence-electron chi connectivity index (χ1n) is 10.3. The first kappa shape index (κ1) is 21.5. The first-order chi connectivity index (χ1) is 15.1. The van der Waals surface area contributed by atoms with Gasteiger partial charge in [0, 0.05) is 41.1 Å². The molecule has 1 unspecified atom stereocenters. The third-order valence-electron chi connectivity index (χ3n) is 5.42. The van der Waals surface area contributed by atoms with Crippen LogP contribution < -0.4 is 5.32 Å². The van der Waals surface area contributed by atoms with Crippen molar-refractivity contribution in [3.05, 3.63) is 65.2 Å². The summed E-state index contributed by atoms with van der Waals surface area (Å²) in [6, 6.07) is 11.6. The van der Waals surface area contributed by atoms with Crippen LogP contribution in [0.3, 0.4) is 0 Å². The minimum absolute atomic E-state index is 0.00906. The van der Waals surface area contributed by atoms with E-state index in [1.807, 2.05) is 59.7 Å². The summed E-state index contributed by atoms with van der Waals surface area (Å²) in [7, 11) is 1.34. The van der Waals surface area contributed by atoms with Crippen LogP contribution in [0.1, 0.15) is 37.4 Å². The van der Waals surface area contributed by atoms with Gasteiger partial charge in [-0.3, -0.25) is 15.0 Å². The molecule has 1 aliphatic heterocycles. The van der Waals surface area contributed by atoms with Crippen LogP contribution in [0.2, 0.25) is 0 Å². The highest BCUT2D eigenvalue weighted by Crippen LogP contribution is 2.29. The van der Waals surface area contributed by atoms with Crippen LogP contribution in [0.5, 0.6) is 0 Å². The molecule has 1 fully saturated rings. The van der Waals surface area contributed by atoms with Gasteiger partial charge in [0.05, 0.1) is 31.1 Å². The molecule has 2 atom stereocenters. The Morgan fingerprint density at radius 3 is 2.74 bits per heavy atom. The van der Waals surface area contributed by atoms with Crippen LogP contribution in [-0.4, -0.2) is 40.7 Å². The Kier molecular flexibility index (Phi) is 6.99. The van der Waals surface area contributed by atoms with E-state index in [0.29, 0.717) is 5.69 Å². The molecule has 1 aromatic carbocycles. The van der Waals surface area contributed by atoms with E-state index in [-0.39, 0.29) is 12.1 Å². The SMILES string of the molecule is COC(=O)Nc1ccc(-c2cnn(C(C[C@@H]3CCCCO3)c3ccc(Br)cn3)c2)cc1. The van der Waals surface area contributed by atoms with E-state index in [4.69, 9.17) is 4.74 Å². The van der Waals surface area contributed by atoms with Crippen LogP contribution in [0, 0.1) is 0 Å². The Morgan fingerprint density at radius 1 is 1.23 bits per heavy atom. The topological polar surface area (TPSA) is 78.3 Å². The summed E-state index contributed by atoms with van der Waals surface area (Å²) in [5, 5.41) is 7.32. The third-order valence-corrected chi connectivity index (χ3v) is 5.89. The van der Waals surface area contributed by atoms with Gasteiger partial charge in [-0.25, -0.2) is 4.79 Å². The van der Waals surface area contributed by atoms with Crippen molar-refractivity contribution in [2.75, 3.05) is 19.0 Å². The molecule has 0 bridgehead atoms. The Bertz CT molecular complexity index is 998. The zero-order chi connectivity index (χ0) is 21.6. The number of hydrogen-bond acceptors (Lipinski definition) is 5. The molecule has 0 radical (unpaired) electrons. The second kappa shape index (κ2) is 10.1. The number of carbonyl (C=O) groups is 1. The molecule has 1 N–H and O–H groups in total. The van der Waals surface area contributed by atoms with Gasteiger partial charge in [0.25, 0.3) is 0 Å². The molecule has 7 nitrogen and oxygen atoms in total. The molecule has 2 aromatic heterocycles. The number of hydrogen-bond donors (Lipinski definition) is 1. The van der Waals surface area contributed by atoms with Gasteiger partial charge in [-0.1, -0.05) is 12.1 Å². The Hall–Kier alpha value is -2.71. The molecule has 8 heteroatoms. The summed E-state index contributed by atoms with van der Waals surface area (Å²) in [4.78, 5) is 16.0. The summed E-state index contributed by atoms with van der Waals surface area (Å²) in [5.41, 5.74) is 3.65. The van der Waals surface area contributed by atoms with E-state index in [1.54, 1.807) is 0 Å². The normalized spacial score (nSPS) is 17.2. The lowest BCUT2D eigenvalue weighted by molar-refractivity contribution is 0.00433. The summed E-state index contributed by atoms with van der Waals surface area (Å²) >= 11 is 3.47. The molecule has 3 aromatic rings. The minimum atomic E-state index is -0.490. The fourth-order valence-electron chi connectivity index (χ4n) is 3.76. The van der Waals surface area contributed by atoms with Gasteiger partial charge in [0.2, 0.25) is 0 Å². The van der Waals surface area contributed by atoms with E-state index < -0.39 is 6.09 Å². The number of halogens is 1. The number of nitrogens with zero attached hydrogens (tertiary/aromatic N) is 3. The van der Waals surface area contributed by atoms with Gasteiger partial charge in [-0.15, -0.1) is 0 Å². The van der Waals surface area contributed by atoms with Crippen molar-refractivity contribution >= 4 is 27.7 Å². The molecule has 3 heterocycles. The number of carbonyl (C=O) groups excluding carboxylic acids is 1. The highest BCUT2D eigenvalue weighted by Gasteiger charge is 2.24. The van der Waals surface area contributed by atoms with Crippen LogP contribution in [0.15, 0.2) is 59.5 Å². The second-order valence-corrected chi connectivity index (χ2v) is 8.46. The highest BCUT2D eigenvalue weighted by atomic mass is 79.9. The molecule has 1 saturated heterocycles. The zero-order valence-corrected chi connectivity index (χ0v) is 18.9. The molecule has 4 rings (SSSR count). The first-order valence-corrected chi connectivity index (χ1v) is 11.1. The molecule has 31 heavy (non-hydrogen) atoms. The number of methoxy groups -OCH3 is 1. The number of ether oxygens (including phenoxy) is 2. The van der Waals surface area contributed by atoms with Crippen molar-refractivity contribution in [2.24, 2.45) is 0 Å². The zero-order valence-electron chi connectivity index (χ0n) is 17.3. The molecular formula is C23H25BrN4O3. The predicted octanol–water partition coefficient (Wildman–Crippen LogP) is 5.43. The van der Waals surface area contributed by atoms with Gasteiger partial charge in [0.1, 0.15) is 0 Å².